The summed E-state index contributed by atoms with van der Waals surface area (Å²) in [5, 5.41) is 1.60. The minimum Gasteiger partial charge on any atom is -0.273 e. The van der Waals surface area contributed by atoms with Crippen LogP contribution in [0.25, 0.3) is 0 Å². The SMILES string of the molecule is Cc1cccc(N2C(=O)[C@@H]3[C@@H](c4ccc(F)cc4)N(c4ccccc4)O[C@H]3C2=O)c1. The van der Waals surface area contributed by atoms with Crippen LogP contribution < -0.4 is 9.96 Å². The molecule has 0 spiro atoms. The van der Waals surface area contributed by atoms with Crippen LogP contribution in [0.2, 0.25) is 0 Å². The Balaban J connectivity index is 1.59. The quantitative estimate of drug-likeness (QED) is 0.617. The summed E-state index contributed by atoms with van der Waals surface area (Å²) in [7, 11) is 0. The van der Waals surface area contributed by atoms with Crippen LogP contribution in [0, 0.1) is 18.7 Å². The van der Waals surface area contributed by atoms with E-state index in [1.165, 1.54) is 17.0 Å². The molecule has 5 nitrogen and oxygen atoms in total. The molecule has 30 heavy (non-hydrogen) atoms. The van der Waals surface area contributed by atoms with Crippen LogP contribution >= 0.6 is 0 Å². The number of nitrogens with zero attached hydrogens (tertiary/aromatic N) is 2. The minimum absolute atomic E-state index is 0.316. The number of hydroxylamine groups is 1. The summed E-state index contributed by atoms with van der Waals surface area (Å²) in [6.45, 7) is 1.91. The van der Waals surface area contributed by atoms with Gasteiger partial charge < -0.3 is 0 Å². The van der Waals surface area contributed by atoms with Crippen LogP contribution in [0.1, 0.15) is 17.2 Å². The molecule has 5 rings (SSSR count). The largest absolute Gasteiger partial charge is 0.273 e. The average Bonchev–Trinajstić information content (AvgIpc) is 3.26. The van der Waals surface area contributed by atoms with E-state index in [4.69, 9.17) is 4.84 Å². The molecule has 0 aliphatic carbocycles. The molecule has 0 unspecified atom stereocenters. The third-order valence-corrected chi connectivity index (χ3v) is 5.60. The number of hydrogen-bond acceptors (Lipinski definition) is 4. The summed E-state index contributed by atoms with van der Waals surface area (Å²) in [5.74, 6) is -1.80. The van der Waals surface area contributed by atoms with Gasteiger partial charge in [0.2, 0.25) is 5.91 Å². The Kier molecular flexibility index (Phi) is 4.37. The molecule has 2 aliphatic heterocycles. The molecule has 150 valence electrons. The molecule has 0 N–H and O–H groups in total. The fraction of sp³-hybridized carbons (Fsp3) is 0.167. The van der Waals surface area contributed by atoms with Crippen LogP contribution in [0.5, 0.6) is 0 Å². The van der Waals surface area contributed by atoms with E-state index >= 15 is 0 Å². The molecule has 3 atom stereocenters. The van der Waals surface area contributed by atoms with Gasteiger partial charge in [-0.2, -0.15) is 0 Å². The van der Waals surface area contributed by atoms with E-state index in [0.717, 1.165) is 11.3 Å². The van der Waals surface area contributed by atoms with Crippen molar-refractivity contribution in [1.29, 1.82) is 0 Å². The van der Waals surface area contributed by atoms with Gasteiger partial charge in [-0.3, -0.25) is 14.4 Å². The van der Waals surface area contributed by atoms with Gasteiger partial charge in [0.05, 0.1) is 17.4 Å². The normalized spacial score (nSPS) is 23.2. The van der Waals surface area contributed by atoms with E-state index in [2.05, 4.69) is 0 Å². The zero-order valence-corrected chi connectivity index (χ0v) is 16.2. The van der Waals surface area contributed by atoms with Crippen molar-refractivity contribution in [1.82, 2.24) is 0 Å². The van der Waals surface area contributed by atoms with Crippen LogP contribution in [0.15, 0.2) is 78.9 Å². The Morgan fingerprint density at radius 2 is 1.53 bits per heavy atom. The number of carbonyl (C=O) groups is 2. The van der Waals surface area contributed by atoms with Gasteiger partial charge in [0.15, 0.2) is 6.10 Å². The summed E-state index contributed by atoms with van der Waals surface area (Å²) in [6.07, 6.45) is -0.937. The van der Waals surface area contributed by atoms with Crippen molar-refractivity contribution in [3.63, 3.8) is 0 Å². The fourth-order valence-electron chi connectivity index (χ4n) is 4.23. The molecule has 0 aromatic heterocycles. The first-order valence-corrected chi connectivity index (χ1v) is 9.75. The lowest BCUT2D eigenvalue weighted by atomic mass is 9.90. The number of aryl methyl sites for hydroxylation is 1. The van der Waals surface area contributed by atoms with E-state index in [1.807, 2.05) is 49.4 Å². The Morgan fingerprint density at radius 3 is 2.23 bits per heavy atom. The van der Waals surface area contributed by atoms with Gasteiger partial charge in [-0.1, -0.05) is 42.5 Å². The molecule has 3 aromatic carbocycles. The highest BCUT2D eigenvalue weighted by Gasteiger charge is 2.60. The Hall–Kier alpha value is -3.51. The maximum Gasteiger partial charge on any atom is 0.266 e. The molecule has 2 aliphatic rings. The second-order valence-corrected chi connectivity index (χ2v) is 7.56. The second-order valence-electron chi connectivity index (χ2n) is 7.56. The van der Waals surface area contributed by atoms with Crippen molar-refractivity contribution < 1.29 is 18.8 Å². The molecular formula is C24H19FN2O3. The van der Waals surface area contributed by atoms with E-state index in [1.54, 1.807) is 29.3 Å². The highest BCUT2D eigenvalue weighted by molar-refractivity contribution is 6.23. The number of hydrogen-bond donors (Lipinski definition) is 0. The van der Waals surface area contributed by atoms with Gasteiger partial charge in [-0.15, -0.1) is 0 Å². The number of carbonyl (C=O) groups excluding carboxylic acids is 2. The molecular weight excluding hydrogens is 383 g/mol. The lowest BCUT2D eigenvalue weighted by Crippen LogP contribution is -2.37. The number of anilines is 2. The lowest BCUT2D eigenvalue weighted by Gasteiger charge is -2.28. The van der Waals surface area contributed by atoms with Crippen molar-refractivity contribution in [3.8, 4) is 0 Å². The third-order valence-electron chi connectivity index (χ3n) is 5.60. The topological polar surface area (TPSA) is 49.9 Å². The first-order chi connectivity index (χ1) is 14.5. The van der Waals surface area contributed by atoms with Crippen molar-refractivity contribution in [2.45, 2.75) is 19.1 Å². The second kappa shape index (κ2) is 7.07. The summed E-state index contributed by atoms with van der Waals surface area (Å²) < 4.78 is 13.5. The number of fused-ring (bicyclic) bond motifs is 1. The Morgan fingerprint density at radius 1 is 0.833 bits per heavy atom. The number of para-hydroxylation sites is 1. The smallest absolute Gasteiger partial charge is 0.266 e. The van der Waals surface area contributed by atoms with Crippen molar-refractivity contribution >= 4 is 23.2 Å². The van der Waals surface area contributed by atoms with Crippen LogP contribution in [-0.2, 0) is 14.4 Å². The van der Waals surface area contributed by atoms with Crippen molar-refractivity contribution in [2.24, 2.45) is 5.92 Å². The molecule has 0 radical (unpaired) electrons. The number of imide groups is 1. The maximum absolute atomic E-state index is 13.5. The zero-order chi connectivity index (χ0) is 20.8. The summed E-state index contributed by atoms with van der Waals surface area (Å²) in [5.41, 5.74) is 2.92. The van der Waals surface area contributed by atoms with E-state index in [9.17, 15) is 14.0 Å². The molecule has 6 heteroatoms. The summed E-state index contributed by atoms with van der Waals surface area (Å²) in [4.78, 5) is 33.9. The van der Waals surface area contributed by atoms with Gasteiger partial charge in [0.25, 0.3) is 5.91 Å². The predicted octanol–water partition coefficient (Wildman–Crippen LogP) is 4.19. The van der Waals surface area contributed by atoms with Crippen molar-refractivity contribution in [3.05, 3.63) is 95.8 Å². The van der Waals surface area contributed by atoms with Gasteiger partial charge in [0.1, 0.15) is 11.7 Å². The van der Waals surface area contributed by atoms with Crippen LogP contribution in [0.4, 0.5) is 15.8 Å². The van der Waals surface area contributed by atoms with E-state index in [-0.39, 0.29) is 17.6 Å². The van der Waals surface area contributed by atoms with Gasteiger partial charge >= 0.3 is 0 Å². The maximum atomic E-state index is 13.5. The van der Waals surface area contributed by atoms with E-state index in [0.29, 0.717) is 11.3 Å². The molecule has 0 bridgehead atoms. The van der Waals surface area contributed by atoms with Gasteiger partial charge in [0, 0.05) is 0 Å². The summed E-state index contributed by atoms with van der Waals surface area (Å²) in [6, 6.07) is 22.0. The molecule has 3 aromatic rings. The Bertz CT molecular complexity index is 1120. The molecule has 2 saturated heterocycles. The zero-order valence-electron chi connectivity index (χ0n) is 16.2. The minimum atomic E-state index is -0.937. The van der Waals surface area contributed by atoms with Crippen molar-refractivity contribution in [2.75, 3.05) is 9.96 Å². The molecule has 2 heterocycles. The lowest BCUT2D eigenvalue weighted by molar-refractivity contribution is -0.126. The number of halogens is 1. The average molecular weight is 402 g/mol. The van der Waals surface area contributed by atoms with Gasteiger partial charge in [-0.05, 0) is 54.4 Å². The monoisotopic (exact) mass is 402 g/mol. The number of benzene rings is 3. The first kappa shape index (κ1) is 18.5. The highest BCUT2D eigenvalue weighted by atomic mass is 19.1. The highest BCUT2D eigenvalue weighted by Crippen LogP contribution is 2.47. The number of rotatable bonds is 3. The molecule has 2 amide bonds. The van der Waals surface area contributed by atoms with Crippen LogP contribution in [0.3, 0.4) is 0 Å². The molecule has 2 fully saturated rings. The fourth-order valence-corrected chi connectivity index (χ4v) is 4.23. The third kappa shape index (κ3) is 2.88. The van der Waals surface area contributed by atoms with Gasteiger partial charge in [-0.25, -0.2) is 14.4 Å². The number of amides is 2. The standard InChI is InChI=1S/C24H19FN2O3/c1-15-6-5-9-19(14-15)26-23(28)20-21(16-10-12-17(25)13-11-16)27(30-22(20)24(26)29)18-7-3-2-4-8-18/h2-14,20-22H,1H3/t20-,21-,22-/m1/s1. The van der Waals surface area contributed by atoms with Crippen LogP contribution in [-0.4, -0.2) is 17.9 Å². The first-order valence-electron chi connectivity index (χ1n) is 9.75. The summed E-state index contributed by atoms with van der Waals surface area (Å²) >= 11 is 0. The Labute approximate surface area is 173 Å². The molecule has 0 saturated carbocycles. The predicted molar refractivity (Wildman–Crippen MR) is 110 cm³/mol. The van der Waals surface area contributed by atoms with E-state index < -0.39 is 18.1 Å².